The van der Waals surface area contributed by atoms with Gasteiger partial charge in [-0.05, 0) is 44.2 Å². The molecule has 21 heavy (non-hydrogen) atoms. The van der Waals surface area contributed by atoms with Crippen LogP contribution in [0.15, 0.2) is 24.3 Å². The molecule has 1 aromatic carbocycles. The van der Waals surface area contributed by atoms with Crippen molar-refractivity contribution in [2.45, 2.75) is 52.0 Å². The second kappa shape index (κ2) is 7.81. The molecular weight excluding hydrogens is 284 g/mol. The number of amides is 1. The summed E-state index contributed by atoms with van der Waals surface area (Å²) in [5.74, 6) is 0.151. The van der Waals surface area contributed by atoms with E-state index in [9.17, 15) is 4.79 Å². The Morgan fingerprint density at radius 1 is 1.33 bits per heavy atom. The zero-order valence-electron chi connectivity index (χ0n) is 13.0. The van der Waals surface area contributed by atoms with Crippen molar-refractivity contribution in [2.75, 3.05) is 6.54 Å². The summed E-state index contributed by atoms with van der Waals surface area (Å²) >= 11 is 0. The van der Waals surface area contributed by atoms with Crippen LogP contribution in [-0.4, -0.2) is 18.5 Å². The van der Waals surface area contributed by atoms with Gasteiger partial charge in [0.1, 0.15) is 0 Å². The third kappa shape index (κ3) is 4.21. The maximum absolute atomic E-state index is 12.5. The molecule has 1 aliphatic carbocycles. The summed E-state index contributed by atoms with van der Waals surface area (Å²) in [6.07, 6.45) is 4.99. The lowest BCUT2D eigenvalue weighted by molar-refractivity contribution is -0.130. The van der Waals surface area contributed by atoms with E-state index < -0.39 is 0 Å². The molecule has 1 atom stereocenters. The van der Waals surface area contributed by atoms with Gasteiger partial charge in [-0.15, -0.1) is 12.4 Å². The van der Waals surface area contributed by atoms with Crippen LogP contribution in [0.3, 0.4) is 0 Å². The van der Waals surface area contributed by atoms with Crippen LogP contribution < -0.4 is 11.1 Å². The Hall–Kier alpha value is -1.06. The Labute approximate surface area is 134 Å². The number of halogens is 1. The van der Waals surface area contributed by atoms with Gasteiger partial charge < -0.3 is 11.1 Å². The number of hydrogen-bond donors (Lipinski definition) is 2. The fraction of sp³-hybridized carbons (Fsp3) is 0.588. The Morgan fingerprint density at radius 3 is 2.52 bits per heavy atom. The van der Waals surface area contributed by atoms with Crippen molar-refractivity contribution in [3.8, 4) is 0 Å². The highest BCUT2D eigenvalue weighted by molar-refractivity contribution is 5.85. The van der Waals surface area contributed by atoms with Gasteiger partial charge in [0.05, 0.1) is 5.41 Å². The SMILES string of the molecule is Cc1ccccc1CC(C)NC(=O)C1(CN)CCCC1.Cl. The van der Waals surface area contributed by atoms with E-state index in [2.05, 4.69) is 37.4 Å². The number of rotatable bonds is 5. The van der Waals surface area contributed by atoms with Gasteiger partial charge in [0, 0.05) is 12.6 Å². The first kappa shape index (κ1) is 18.0. The van der Waals surface area contributed by atoms with E-state index >= 15 is 0 Å². The van der Waals surface area contributed by atoms with Crippen LogP contribution in [0.4, 0.5) is 0 Å². The molecule has 0 aliphatic heterocycles. The van der Waals surface area contributed by atoms with Gasteiger partial charge >= 0.3 is 0 Å². The van der Waals surface area contributed by atoms with Gasteiger partial charge in [0.25, 0.3) is 0 Å². The van der Waals surface area contributed by atoms with Crippen LogP contribution in [0.5, 0.6) is 0 Å². The highest BCUT2D eigenvalue weighted by atomic mass is 35.5. The fourth-order valence-corrected chi connectivity index (χ4v) is 3.17. The molecule has 0 radical (unpaired) electrons. The van der Waals surface area contributed by atoms with Crippen molar-refractivity contribution in [1.82, 2.24) is 5.32 Å². The monoisotopic (exact) mass is 310 g/mol. The summed E-state index contributed by atoms with van der Waals surface area (Å²) in [5.41, 5.74) is 8.14. The van der Waals surface area contributed by atoms with E-state index in [4.69, 9.17) is 5.73 Å². The number of carbonyl (C=O) groups is 1. The Morgan fingerprint density at radius 2 is 1.95 bits per heavy atom. The van der Waals surface area contributed by atoms with E-state index in [0.717, 1.165) is 32.1 Å². The van der Waals surface area contributed by atoms with Crippen LogP contribution in [0.2, 0.25) is 0 Å². The lowest BCUT2D eigenvalue weighted by Crippen LogP contribution is -2.47. The zero-order valence-corrected chi connectivity index (χ0v) is 13.8. The Kier molecular flexibility index (Phi) is 6.69. The van der Waals surface area contributed by atoms with Crippen molar-refractivity contribution in [3.63, 3.8) is 0 Å². The molecule has 0 heterocycles. The molecule has 3 N–H and O–H groups in total. The second-order valence-electron chi connectivity index (χ2n) is 6.20. The minimum Gasteiger partial charge on any atom is -0.353 e. The number of aryl methyl sites for hydroxylation is 1. The first-order valence-corrected chi connectivity index (χ1v) is 7.63. The predicted octanol–water partition coefficient (Wildman–Crippen LogP) is 2.98. The molecule has 1 unspecified atom stereocenters. The van der Waals surface area contributed by atoms with Gasteiger partial charge in [-0.3, -0.25) is 4.79 Å². The minimum atomic E-state index is -0.306. The highest BCUT2D eigenvalue weighted by Crippen LogP contribution is 2.37. The first-order valence-electron chi connectivity index (χ1n) is 7.63. The standard InChI is InChI=1S/C17H26N2O.ClH/c1-13-7-3-4-8-15(13)11-14(2)19-16(20)17(12-18)9-5-6-10-17;/h3-4,7-8,14H,5-6,9-12,18H2,1-2H3,(H,19,20);1H. The lowest BCUT2D eigenvalue weighted by Gasteiger charge is -2.28. The molecule has 2 rings (SSSR count). The van der Waals surface area contributed by atoms with E-state index in [0.29, 0.717) is 6.54 Å². The molecule has 1 fully saturated rings. The number of benzene rings is 1. The molecule has 3 nitrogen and oxygen atoms in total. The van der Waals surface area contributed by atoms with E-state index in [1.54, 1.807) is 0 Å². The van der Waals surface area contributed by atoms with Crippen LogP contribution >= 0.6 is 12.4 Å². The normalized spacial score (nSPS) is 17.9. The third-order valence-corrected chi connectivity index (χ3v) is 4.60. The average Bonchev–Trinajstić information content (AvgIpc) is 2.91. The number of carbonyl (C=O) groups excluding carboxylic acids is 1. The van der Waals surface area contributed by atoms with Gasteiger partial charge in [-0.1, -0.05) is 37.1 Å². The molecular formula is C17H27ClN2O. The highest BCUT2D eigenvalue weighted by Gasteiger charge is 2.40. The van der Waals surface area contributed by atoms with Crippen LogP contribution in [0.1, 0.15) is 43.7 Å². The summed E-state index contributed by atoms with van der Waals surface area (Å²) in [6.45, 7) is 4.65. The predicted molar refractivity (Wildman–Crippen MR) is 89.7 cm³/mol. The molecule has 1 aliphatic rings. The van der Waals surface area contributed by atoms with Crippen LogP contribution in [-0.2, 0) is 11.2 Å². The topological polar surface area (TPSA) is 55.1 Å². The van der Waals surface area contributed by atoms with Crippen molar-refractivity contribution in [2.24, 2.45) is 11.1 Å². The van der Waals surface area contributed by atoms with Crippen molar-refractivity contribution < 1.29 is 4.79 Å². The summed E-state index contributed by atoms with van der Waals surface area (Å²) < 4.78 is 0. The molecule has 1 aromatic rings. The Balaban J connectivity index is 0.00000220. The largest absolute Gasteiger partial charge is 0.353 e. The second-order valence-corrected chi connectivity index (χ2v) is 6.20. The number of nitrogens with one attached hydrogen (secondary N) is 1. The molecule has 4 heteroatoms. The van der Waals surface area contributed by atoms with Gasteiger partial charge in [0.15, 0.2) is 0 Å². The summed E-state index contributed by atoms with van der Waals surface area (Å²) in [6, 6.07) is 8.49. The molecule has 0 saturated heterocycles. The summed E-state index contributed by atoms with van der Waals surface area (Å²) in [4.78, 5) is 12.5. The van der Waals surface area contributed by atoms with E-state index in [1.165, 1.54) is 11.1 Å². The Bertz CT molecular complexity index is 470. The zero-order chi connectivity index (χ0) is 14.6. The van der Waals surface area contributed by atoms with E-state index in [-0.39, 0.29) is 29.8 Å². The average molecular weight is 311 g/mol. The van der Waals surface area contributed by atoms with Gasteiger partial charge in [0.2, 0.25) is 5.91 Å². The van der Waals surface area contributed by atoms with Gasteiger partial charge in [-0.2, -0.15) is 0 Å². The van der Waals surface area contributed by atoms with Crippen LogP contribution in [0.25, 0.3) is 0 Å². The molecule has 0 spiro atoms. The number of hydrogen-bond acceptors (Lipinski definition) is 2. The minimum absolute atomic E-state index is 0. The maximum atomic E-state index is 12.5. The fourth-order valence-electron chi connectivity index (χ4n) is 3.17. The summed E-state index contributed by atoms with van der Waals surface area (Å²) in [7, 11) is 0. The van der Waals surface area contributed by atoms with Crippen molar-refractivity contribution in [3.05, 3.63) is 35.4 Å². The molecule has 0 bridgehead atoms. The number of nitrogens with two attached hydrogens (primary N) is 1. The van der Waals surface area contributed by atoms with Crippen LogP contribution in [0, 0.1) is 12.3 Å². The maximum Gasteiger partial charge on any atom is 0.227 e. The smallest absolute Gasteiger partial charge is 0.227 e. The molecule has 1 amide bonds. The third-order valence-electron chi connectivity index (χ3n) is 4.60. The lowest BCUT2D eigenvalue weighted by atomic mass is 9.85. The first-order chi connectivity index (χ1) is 9.57. The van der Waals surface area contributed by atoms with E-state index in [1.807, 2.05) is 6.07 Å². The quantitative estimate of drug-likeness (QED) is 0.878. The van der Waals surface area contributed by atoms with Crippen molar-refractivity contribution >= 4 is 18.3 Å². The summed E-state index contributed by atoms with van der Waals surface area (Å²) in [5, 5.41) is 3.17. The molecule has 1 saturated carbocycles. The van der Waals surface area contributed by atoms with Gasteiger partial charge in [-0.25, -0.2) is 0 Å². The molecule has 0 aromatic heterocycles. The molecule has 118 valence electrons. The van der Waals surface area contributed by atoms with Crippen molar-refractivity contribution in [1.29, 1.82) is 0 Å².